The molecule has 3 heterocycles. The Morgan fingerprint density at radius 3 is 2.33 bits per heavy atom. The molecule has 0 radical (unpaired) electrons. The van der Waals surface area contributed by atoms with Crippen molar-refractivity contribution in [2.45, 2.75) is 19.4 Å². The molecule has 9 heteroatoms. The minimum atomic E-state index is -0.167. The number of hydrogen-bond acceptors (Lipinski definition) is 6. The van der Waals surface area contributed by atoms with Gasteiger partial charge in [0.1, 0.15) is 11.5 Å². The van der Waals surface area contributed by atoms with E-state index in [2.05, 4.69) is 15.4 Å². The summed E-state index contributed by atoms with van der Waals surface area (Å²) in [6.07, 6.45) is 6.50. The Kier molecular flexibility index (Phi) is 6.87. The molecule has 0 atom stereocenters. The molecular formula is C24H27N5O4. The second-order valence-electron chi connectivity index (χ2n) is 7.91. The van der Waals surface area contributed by atoms with E-state index in [9.17, 15) is 9.59 Å². The van der Waals surface area contributed by atoms with Gasteiger partial charge in [0.25, 0.3) is 5.91 Å². The van der Waals surface area contributed by atoms with Gasteiger partial charge in [-0.25, -0.2) is 0 Å². The Bertz CT molecular complexity index is 1080. The van der Waals surface area contributed by atoms with Crippen molar-refractivity contribution in [3.63, 3.8) is 0 Å². The van der Waals surface area contributed by atoms with Gasteiger partial charge in [-0.3, -0.25) is 19.3 Å². The van der Waals surface area contributed by atoms with Gasteiger partial charge in [0.2, 0.25) is 5.91 Å². The minimum Gasteiger partial charge on any atom is -0.497 e. The lowest BCUT2D eigenvalue weighted by atomic mass is 9.95. The fourth-order valence-electron chi connectivity index (χ4n) is 3.88. The fourth-order valence-corrected chi connectivity index (χ4v) is 3.88. The van der Waals surface area contributed by atoms with Gasteiger partial charge in [-0.1, -0.05) is 0 Å². The van der Waals surface area contributed by atoms with Crippen LogP contribution in [0.2, 0.25) is 0 Å². The summed E-state index contributed by atoms with van der Waals surface area (Å²) >= 11 is 0. The maximum absolute atomic E-state index is 13.0. The SMILES string of the molecule is COc1cc(OC)cc(C(=O)N2CCC(C(=O)Nc3ccn(Cc4ccncc4)n3)CC2)c1. The van der Waals surface area contributed by atoms with Crippen LogP contribution in [-0.4, -0.2) is 58.8 Å². The number of likely N-dealkylation sites (tertiary alicyclic amines) is 1. The third kappa shape index (κ3) is 5.49. The zero-order valence-corrected chi connectivity index (χ0v) is 18.7. The summed E-state index contributed by atoms with van der Waals surface area (Å²) in [7, 11) is 3.10. The monoisotopic (exact) mass is 449 g/mol. The third-order valence-corrected chi connectivity index (χ3v) is 5.74. The van der Waals surface area contributed by atoms with E-state index in [4.69, 9.17) is 9.47 Å². The molecule has 0 saturated carbocycles. The molecule has 0 bridgehead atoms. The molecule has 1 aliphatic heterocycles. The standard InChI is InChI=1S/C24H27N5O4/c1-32-20-13-19(14-21(15-20)33-2)24(31)28-10-5-18(6-11-28)23(30)26-22-7-12-29(27-22)16-17-3-8-25-9-4-17/h3-4,7-9,12-15,18H,5-6,10-11,16H2,1-2H3,(H,26,27,30). The minimum absolute atomic E-state index is 0.0701. The van der Waals surface area contributed by atoms with Gasteiger partial charge in [-0.15, -0.1) is 0 Å². The number of anilines is 1. The van der Waals surface area contributed by atoms with E-state index in [1.807, 2.05) is 18.3 Å². The molecule has 9 nitrogen and oxygen atoms in total. The third-order valence-electron chi connectivity index (χ3n) is 5.74. The van der Waals surface area contributed by atoms with Crippen LogP contribution in [0.15, 0.2) is 55.0 Å². The zero-order valence-electron chi connectivity index (χ0n) is 18.7. The first-order valence-electron chi connectivity index (χ1n) is 10.8. The average molecular weight is 450 g/mol. The van der Waals surface area contributed by atoms with E-state index in [0.29, 0.717) is 55.4 Å². The van der Waals surface area contributed by atoms with Crippen molar-refractivity contribution >= 4 is 17.6 Å². The highest BCUT2D eigenvalue weighted by molar-refractivity contribution is 5.96. The number of methoxy groups -OCH3 is 2. The molecule has 33 heavy (non-hydrogen) atoms. The first-order valence-corrected chi connectivity index (χ1v) is 10.8. The number of piperidine rings is 1. The Labute approximate surface area is 192 Å². The molecule has 1 aliphatic rings. The van der Waals surface area contributed by atoms with Crippen molar-refractivity contribution in [2.75, 3.05) is 32.6 Å². The Balaban J connectivity index is 1.31. The number of carbonyl (C=O) groups is 2. The first kappa shape index (κ1) is 22.3. The van der Waals surface area contributed by atoms with Crippen molar-refractivity contribution in [1.82, 2.24) is 19.7 Å². The summed E-state index contributed by atoms with van der Waals surface area (Å²) in [4.78, 5) is 31.5. The average Bonchev–Trinajstić information content (AvgIpc) is 3.30. The lowest BCUT2D eigenvalue weighted by molar-refractivity contribution is -0.121. The maximum atomic E-state index is 13.0. The lowest BCUT2D eigenvalue weighted by Gasteiger charge is -2.31. The Hall–Kier alpha value is -3.88. The molecular weight excluding hydrogens is 422 g/mol. The summed E-state index contributed by atoms with van der Waals surface area (Å²) < 4.78 is 12.3. The number of ether oxygens (including phenoxy) is 2. The predicted molar refractivity (Wildman–Crippen MR) is 122 cm³/mol. The van der Waals surface area contributed by atoms with Gasteiger partial charge < -0.3 is 19.7 Å². The van der Waals surface area contributed by atoms with E-state index < -0.39 is 0 Å². The second kappa shape index (κ2) is 10.2. The van der Waals surface area contributed by atoms with Gasteiger partial charge in [0.05, 0.1) is 20.8 Å². The Morgan fingerprint density at radius 2 is 1.70 bits per heavy atom. The van der Waals surface area contributed by atoms with Crippen molar-refractivity contribution in [3.05, 3.63) is 66.1 Å². The van der Waals surface area contributed by atoms with E-state index >= 15 is 0 Å². The number of carbonyl (C=O) groups excluding carboxylic acids is 2. The van der Waals surface area contributed by atoms with Crippen LogP contribution in [-0.2, 0) is 11.3 Å². The summed E-state index contributed by atoms with van der Waals surface area (Å²) in [5.41, 5.74) is 1.59. The molecule has 0 unspecified atom stereocenters. The van der Waals surface area contributed by atoms with E-state index in [1.165, 1.54) is 0 Å². The van der Waals surface area contributed by atoms with Crippen LogP contribution in [0.3, 0.4) is 0 Å². The molecule has 3 aromatic rings. The maximum Gasteiger partial charge on any atom is 0.254 e. The van der Waals surface area contributed by atoms with Gasteiger partial charge in [-0.2, -0.15) is 5.10 Å². The number of nitrogens with one attached hydrogen (secondary N) is 1. The van der Waals surface area contributed by atoms with Gasteiger partial charge in [-0.05, 0) is 42.7 Å². The zero-order chi connectivity index (χ0) is 23.2. The van der Waals surface area contributed by atoms with Crippen LogP contribution >= 0.6 is 0 Å². The molecule has 1 N–H and O–H groups in total. The predicted octanol–water partition coefficient (Wildman–Crippen LogP) is 2.83. The van der Waals surface area contributed by atoms with Crippen LogP contribution in [0, 0.1) is 5.92 Å². The first-order chi connectivity index (χ1) is 16.1. The number of nitrogens with zero attached hydrogens (tertiary/aromatic N) is 4. The smallest absolute Gasteiger partial charge is 0.254 e. The largest absolute Gasteiger partial charge is 0.497 e. The highest BCUT2D eigenvalue weighted by Crippen LogP contribution is 2.26. The van der Waals surface area contributed by atoms with Crippen LogP contribution in [0.1, 0.15) is 28.8 Å². The van der Waals surface area contributed by atoms with Crippen LogP contribution < -0.4 is 14.8 Å². The molecule has 1 aromatic carbocycles. The number of aromatic nitrogens is 3. The van der Waals surface area contributed by atoms with Crippen LogP contribution in [0.25, 0.3) is 0 Å². The molecule has 1 fully saturated rings. The van der Waals surface area contributed by atoms with Crippen LogP contribution in [0.5, 0.6) is 11.5 Å². The Morgan fingerprint density at radius 1 is 1.03 bits per heavy atom. The van der Waals surface area contributed by atoms with Gasteiger partial charge in [0, 0.05) is 55.3 Å². The molecule has 172 valence electrons. The fraction of sp³-hybridized carbons (Fsp3) is 0.333. The lowest BCUT2D eigenvalue weighted by Crippen LogP contribution is -2.41. The molecule has 2 aromatic heterocycles. The van der Waals surface area contributed by atoms with Crippen molar-refractivity contribution < 1.29 is 19.1 Å². The topological polar surface area (TPSA) is 98.6 Å². The molecule has 0 aliphatic carbocycles. The van der Waals surface area contributed by atoms with Crippen molar-refractivity contribution in [1.29, 1.82) is 0 Å². The van der Waals surface area contributed by atoms with Crippen LogP contribution in [0.4, 0.5) is 5.82 Å². The normalized spacial score (nSPS) is 14.1. The molecule has 0 spiro atoms. The number of pyridine rings is 1. The highest BCUT2D eigenvalue weighted by Gasteiger charge is 2.28. The summed E-state index contributed by atoms with van der Waals surface area (Å²) in [5, 5.41) is 7.34. The highest BCUT2D eigenvalue weighted by atomic mass is 16.5. The van der Waals surface area contributed by atoms with Crippen molar-refractivity contribution in [3.8, 4) is 11.5 Å². The molecule has 4 rings (SSSR count). The van der Waals surface area contributed by atoms with E-state index in [1.54, 1.807) is 60.5 Å². The van der Waals surface area contributed by atoms with Gasteiger partial charge in [0.15, 0.2) is 5.82 Å². The summed E-state index contributed by atoms with van der Waals surface area (Å²) in [6.45, 7) is 1.62. The molecule has 1 saturated heterocycles. The summed E-state index contributed by atoms with van der Waals surface area (Å²) in [5.74, 6) is 1.32. The second-order valence-corrected chi connectivity index (χ2v) is 7.91. The van der Waals surface area contributed by atoms with Gasteiger partial charge >= 0.3 is 0 Å². The molecule has 2 amide bonds. The van der Waals surface area contributed by atoms with E-state index in [0.717, 1.165) is 5.56 Å². The van der Waals surface area contributed by atoms with E-state index in [-0.39, 0.29) is 17.7 Å². The summed E-state index contributed by atoms with van der Waals surface area (Å²) in [6, 6.07) is 10.8. The van der Waals surface area contributed by atoms with Crippen molar-refractivity contribution in [2.24, 2.45) is 5.92 Å². The number of amides is 2. The number of rotatable bonds is 7. The number of benzene rings is 1. The quantitative estimate of drug-likeness (QED) is 0.596. The number of hydrogen-bond donors (Lipinski definition) is 1.